The fraction of sp³-hybridized carbons (Fsp3) is 0.800. The maximum Gasteiger partial charge on any atom is 0.135 e. The van der Waals surface area contributed by atoms with Gasteiger partial charge in [-0.3, -0.25) is 4.79 Å². The van der Waals surface area contributed by atoms with E-state index in [9.17, 15) is 4.79 Å². The van der Waals surface area contributed by atoms with Crippen molar-refractivity contribution < 1.29 is 9.53 Å². The van der Waals surface area contributed by atoms with Gasteiger partial charge in [0.25, 0.3) is 0 Å². The summed E-state index contributed by atoms with van der Waals surface area (Å²) < 4.78 is 5.43. The Morgan fingerprint density at radius 1 is 1.22 bits per heavy atom. The second-order valence-corrected chi connectivity index (χ2v) is 5.17. The summed E-state index contributed by atoms with van der Waals surface area (Å²) in [6.07, 6.45) is 6.74. The summed E-state index contributed by atoms with van der Waals surface area (Å²) in [5, 5.41) is 3.29. The van der Waals surface area contributed by atoms with Crippen LogP contribution < -0.4 is 5.32 Å². The molecule has 0 aromatic rings. The van der Waals surface area contributed by atoms with Gasteiger partial charge in [0, 0.05) is 24.9 Å². The van der Waals surface area contributed by atoms with Gasteiger partial charge in [0.05, 0.1) is 13.2 Å². The maximum atomic E-state index is 11.3. The average Bonchev–Trinajstić information content (AvgIpc) is 2.30. The predicted octanol–water partition coefficient (Wildman–Crippen LogP) is 2.95. The normalized spacial score (nSPS) is 11.9. The summed E-state index contributed by atoms with van der Waals surface area (Å²) in [7, 11) is 0. The topological polar surface area (TPSA) is 38.3 Å². The van der Waals surface area contributed by atoms with E-state index >= 15 is 0 Å². The Labute approximate surface area is 112 Å². The van der Waals surface area contributed by atoms with Gasteiger partial charge in [-0.15, -0.1) is 0 Å². The highest BCUT2D eigenvalue weighted by molar-refractivity contribution is 5.80. The molecule has 0 aromatic carbocycles. The van der Waals surface area contributed by atoms with Crippen LogP contribution in [0.25, 0.3) is 0 Å². The lowest BCUT2D eigenvalue weighted by atomic mass is 10.0. The molecule has 0 saturated heterocycles. The van der Waals surface area contributed by atoms with Crippen molar-refractivity contribution >= 4 is 5.78 Å². The van der Waals surface area contributed by atoms with Crippen LogP contribution in [-0.2, 0) is 9.53 Å². The first-order chi connectivity index (χ1) is 8.54. The van der Waals surface area contributed by atoms with Gasteiger partial charge < -0.3 is 10.1 Å². The molecule has 0 atom stereocenters. The summed E-state index contributed by atoms with van der Waals surface area (Å²) in [4.78, 5) is 11.3. The Morgan fingerprint density at radius 3 is 2.56 bits per heavy atom. The molecular weight excluding hydrogens is 226 g/mol. The molecule has 0 saturated carbocycles. The van der Waals surface area contributed by atoms with Crippen molar-refractivity contribution in [3.8, 4) is 0 Å². The predicted molar refractivity (Wildman–Crippen MR) is 76.8 cm³/mol. The summed E-state index contributed by atoms with van der Waals surface area (Å²) in [6, 6.07) is 0.516. The largest absolute Gasteiger partial charge is 0.376 e. The molecule has 0 bridgehead atoms. The molecular formula is C15H29NO2. The van der Waals surface area contributed by atoms with Gasteiger partial charge >= 0.3 is 0 Å². The first-order valence-electron chi connectivity index (χ1n) is 7.03. The number of hydrogen-bond donors (Lipinski definition) is 1. The van der Waals surface area contributed by atoms with Gasteiger partial charge in [-0.25, -0.2) is 0 Å². The van der Waals surface area contributed by atoms with Gasteiger partial charge in [0.1, 0.15) is 5.78 Å². The third-order valence-corrected chi connectivity index (χ3v) is 2.62. The van der Waals surface area contributed by atoms with E-state index in [1.807, 2.05) is 19.9 Å². The Morgan fingerprint density at radius 2 is 1.94 bits per heavy atom. The lowest BCUT2D eigenvalue weighted by Crippen LogP contribution is -2.26. The summed E-state index contributed by atoms with van der Waals surface area (Å²) >= 11 is 0. The van der Waals surface area contributed by atoms with Crippen molar-refractivity contribution in [1.29, 1.82) is 0 Å². The first kappa shape index (κ1) is 17.3. The van der Waals surface area contributed by atoms with Crippen molar-refractivity contribution in [3.05, 3.63) is 12.2 Å². The molecule has 0 radical (unpaired) electrons. The van der Waals surface area contributed by atoms with E-state index in [1.165, 1.54) is 0 Å². The smallest absolute Gasteiger partial charge is 0.135 e. The molecule has 0 aromatic heterocycles. The van der Waals surface area contributed by atoms with Crippen LogP contribution in [0, 0.1) is 5.92 Å². The van der Waals surface area contributed by atoms with E-state index in [4.69, 9.17) is 4.74 Å². The SMILES string of the molecule is CC(C)NCCOC/C=C\CCCC(=O)C(C)C. The Bertz CT molecular complexity index is 235. The van der Waals surface area contributed by atoms with Gasteiger partial charge in [-0.05, 0) is 12.8 Å². The van der Waals surface area contributed by atoms with Crippen LogP contribution in [0.5, 0.6) is 0 Å². The van der Waals surface area contributed by atoms with Crippen LogP contribution in [0.4, 0.5) is 0 Å². The van der Waals surface area contributed by atoms with Crippen LogP contribution in [0.3, 0.4) is 0 Å². The number of ketones is 1. The molecule has 0 aliphatic heterocycles. The first-order valence-corrected chi connectivity index (χ1v) is 7.03. The number of allylic oxidation sites excluding steroid dienone is 1. The number of carbonyl (C=O) groups is 1. The summed E-state index contributed by atoms with van der Waals surface area (Å²) in [6.45, 7) is 10.5. The average molecular weight is 255 g/mol. The molecule has 0 aliphatic carbocycles. The van der Waals surface area contributed by atoms with E-state index in [1.54, 1.807) is 0 Å². The highest BCUT2D eigenvalue weighted by atomic mass is 16.5. The number of hydrogen-bond acceptors (Lipinski definition) is 3. The molecule has 1 N–H and O–H groups in total. The monoisotopic (exact) mass is 255 g/mol. The van der Waals surface area contributed by atoms with E-state index in [2.05, 4.69) is 25.2 Å². The van der Waals surface area contributed by atoms with Gasteiger partial charge in [0.2, 0.25) is 0 Å². The minimum Gasteiger partial charge on any atom is -0.376 e. The molecule has 18 heavy (non-hydrogen) atoms. The van der Waals surface area contributed by atoms with Crippen LogP contribution in [-0.4, -0.2) is 31.6 Å². The molecule has 0 amide bonds. The number of rotatable bonds is 11. The zero-order valence-corrected chi connectivity index (χ0v) is 12.4. The van der Waals surface area contributed by atoms with Crippen molar-refractivity contribution in [3.63, 3.8) is 0 Å². The Kier molecular flexibility index (Phi) is 11.0. The molecule has 106 valence electrons. The van der Waals surface area contributed by atoms with Gasteiger partial charge in [0.15, 0.2) is 0 Å². The highest BCUT2D eigenvalue weighted by Gasteiger charge is 2.04. The van der Waals surface area contributed by atoms with Crippen molar-refractivity contribution in [1.82, 2.24) is 5.32 Å². The number of nitrogens with one attached hydrogen (secondary N) is 1. The number of Topliss-reactive ketones (excluding diaryl/α,β-unsaturated/α-hetero) is 1. The zero-order chi connectivity index (χ0) is 13.8. The third-order valence-electron chi connectivity index (χ3n) is 2.62. The third kappa shape index (κ3) is 11.8. The fourth-order valence-corrected chi connectivity index (χ4v) is 1.44. The van der Waals surface area contributed by atoms with E-state index in [0.29, 0.717) is 24.9 Å². The molecule has 0 spiro atoms. The van der Waals surface area contributed by atoms with Crippen molar-refractivity contribution in [2.75, 3.05) is 19.8 Å². The summed E-state index contributed by atoms with van der Waals surface area (Å²) in [5.41, 5.74) is 0. The summed E-state index contributed by atoms with van der Waals surface area (Å²) in [5.74, 6) is 0.533. The molecule has 3 heteroatoms. The minimum atomic E-state index is 0.172. The second kappa shape index (κ2) is 11.4. The maximum absolute atomic E-state index is 11.3. The van der Waals surface area contributed by atoms with Gasteiger partial charge in [-0.2, -0.15) is 0 Å². The lowest BCUT2D eigenvalue weighted by molar-refractivity contribution is -0.121. The lowest BCUT2D eigenvalue weighted by Gasteiger charge is -2.07. The molecule has 3 nitrogen and oxygen atoms in total. The van der Waals surface area contributed by atoms with Crippen molar-refractivity contribution in [2.24, 2.45) is 5.92 Å². The zero-order valence-electron chi connectivity index (χ0n) is 12.4. The van der Waals surface area contributed by atoms with Gasteiger partial charge in [-0.1, -0.05) is 39.8 Å². The molecule has 0 fully saturated rings. The van der Waals surface area contributed by atoms with E-state index in [0.717, 1.165) is 26.0 Å². The van der Waals surface area contributed by atoms with Crippen LogP contribution in [0.15, 0.2) is 12.2 Å². The fourth-order valence-electron chi connectivity index (χ4n) is 1.44. The molecule has 0 unspecified atom stereocenters. The standard InChI is InChI=1S/C15H29NO2/c1-13(2)15(17)9-7-5-6-8-11-18-12-10-16-14(3)4/h6,8,13-14,16H,5,7,9-12H2,1-4H3/b8-6-. The van der Waals surface area contributed by atoms with Crippen molar-refractivity contribution in [2.45, 2.75) is 53.0 Å². The van der Waals surface area contributed by atoms with E-state index in [-0.39, 0.29) is 5.92 Å². The molecule has 0 aliphatic rings. The molecule has 0 heterocycles. The van der Waals surface area contributed by atoms with Crippen LogP contribution in [0.2, 0.25) is 0 Å². The van der Waals surface area contributed by atoms with Crippen LogP contribution >= 0.6 is 0 Å². The second-order valence-electron chi connectivity index (χ2n) is 5.17. The Hall–Kier alpha value is -0.670. The number of unbranched alkanes of at least 4 members (excludes halogenated alkanes) is 1. The number of ether oxygens (including phenoxy) is 1. The van der Waals surface area contributed by atoms with Crippen LogP contribution in [0.1, 0.15) is 47.0 Å². The number of carbonyl (C=O) groups excluding carboxylic acids is 1. The molecule has 0 rings (SSSR count). The van der Waals surface area contributed by atoms with E-state index < -0.39 is 0 Å². The highest BCUT2D eigenvalue weighted by Crippen LogP contribution is 2.04. The Balaban J connectivity index is 3.26. The minimum absolute atomic E-state index is 0.172. The quantitative estimate of drug-likeness (QED) is 0.456.